The van der Waals surface area contributed by atoms with Crippen LogP contribution in [0.3, 0.4) is 0 Å². The zero-order valence-corrected chi connectivity index (χ0v) is 7.29. The minimum Gasteiger partial charge on any atom is -0.340 e. The summed E-state index contributed by atoms with van der Waals surface area (Å²) >= 11 is 0. The fourth-order valence-electron chi connectivity index (χ4n) is 1.77. The smallest absolute Gasteiger partial charge is 0.241 e. The SMILES string of the molecule is CC1NC(=O)C2NCN(C)C2N1. The molecule has 5 heteroatoms. The maximum Gasteiger partial charge on any atom is 0.241 e. The van der Waals surface area contributed by atoms with E-state index in [1.807, 2.05) is 14.0 Å². The maximum atomic E-state index is 11.4. The summed E-state index contributed by atoms with van der Waals surface area (Å²) < 4.78 is 0. The molecular weight excluding hydrogens is 156 g/mol. The molecule has 0 aromatic rings. The molecule has 0 saturated carbocycles. The topological polar surface area (TPSA) is 56.4 Å². The first-order chi connectivity index (χ1) is 5.68. The fraction of sp³-hybridized carbons (Fsp3) is 0.857. The minimum absolute atomic E-state index is 0.0705. The number of nitrogens with one attached hydrogen (secondary N) is 3. The van der Waals surface area contributed by atoms with E-state index in [0.29, 0.717) is 0 Å². The van der Waals surface area contributed by atoms with Crippen molar-refractivity contribution in [2.45, 2.75) is 25.3 Å². The molecule has 2 aliphatic rings. The number of hydrogen-bond acceptors (Lipinski definition) is 4. The molecule has 12 heavy (non-hydrogen) atoms. The number of likely N-dealkylation sites (N-methyl/N-ethyl adjacent to an activating group) is 1. The van der Waals surface area contributed by atoms with Gasteiger partial charge in [-0.05, 0) is 14.0 Å². The predicted octanol–water partition coefficient (Wildman–Crippen LogP) is -1.76. The summed E-state index contributed by atoms with van der Waals surface area (Å²) in [6.07, 6.45) is 0.217. The molecule has 0 bridgehead atoms. The summed E-state index contributed by atoms with van der Waals surface area (Å²) in [6, 6.07) is -0.0915. The van der Waals surface area contributed by atoms with E-state index < -0.39 is 0 Å². The highest BCUT2D eigenvalue weighted by molar-refractivity contribution is 5.83. The molecular formula is C7H14N4O. The van der Waals surface area contributed by atoms with Crippen molar-refractivity contribution in [2.75, 3.05) is 13.7 Å². The van der Waals surface area contributed by atoms with Gasteiger partial charge in [0.1, 0.15) is 6.04 Å². The van der Waals surface area contributed by atoms with Gasteiger partial charge in [0, 0.05) is 6.67 Å². The number of carbonyl (C=O) groups excluding carboxylic acids is 1. The Kier molecular flexibility index (Phi) is 1.79. The van der Waals surface area contributed by atoms with Crippen LogP contribution in [-0.2, 0) is 4.79 Å². The van der Waals surface area contributed by atoms with Gasteiger partial charge in [-0.15, -0.1) is 0 Å². The molecule has 2 rings (SSSR count). The van der Waals surface area contributed by atoms with Gasteiger partial charge in [-0.3, -0.25) is 20.3 Å². The largest absolute Gasteiger partial charge is 0.340 e. The number of fused-ring (bicyclic) bond motifs is 1. The Morgan fingerprint density at radius 1 is 1.58 bits per heavy atom. The van der Waals surface area contributed by atoms with Gasteiger partial charge in [0.2, 0.25) is 5.91 Å². The normalized spacial score (nSPS) is 42.5. The average Bonchev–Trinajstić information content (AvgIpc) is 2.33. The minimum atomic E-state index is -0.0915. The third kappa shape index (κ3) is 1.10. The van der Waals surface area contributed by atoms with Crippen molar-refractivity contribution >= 4 is 5.91 Å². The van der Waals surface area contributed by atoms with Gasteiger partial charge < -0.3 is 5.32 Å². The highest BCUT2D eigenvalue weighted by Crippen LogP contribution is 2.10. The molecule has 2 aliphatic heterocycles. The molecule has 0 aromatic heterocycles. The van der Waals surface area contributed by atoms with E-state index in [-0.39, 0.29) is 24.3 Å². The Morgan fingerprint density at radius 3 is 3.08 bits per heavy atom. The van der Waals surface area contributed by atoms with E-state index in [0.717, 1.165) is 6.67 Å². The zero-order valence-electron chi connectivity index (χ0n) is 7.29. The molecule has 2 heterocycles. The quantitative estimate of drug-likeness (QED) is 0.403. The van der Waals surface area contributed by atoms with Crippen LogP contribution in [0.1, 0.15) is 6.92 Å². The second-order valence-corrected chi connectivity index (χ2v) is 3.44. The second kappa shape index (κ2) is 2.69. The second-order valence-electron chi connectivity index (χ2n) is 3.44. The molecule has 0 radical (unpaired) electrons. The zero-order chi connectivity index (χ0) is 8.72. The van der Waals surface area contributed by atoms with Gasteiger partial charge in [0.05, 0.1) is 12.3 Å². The first-order valence-electron chi connectivity index (χ1n) is 4.18. The van der Waals surface area contributed by atoms with E-state index in [2.05, 4.69) is 20.9 Å². The Hall–Kier alpha value is -0.650. The molecule has 68 valence electrons. The summed E-state index contributed by atoms with van der Waals surface area (Å²) in [5.41, 5.74) is 0. The molecule has 2 saturated heterocycles. The third-order valence-corrected chi connectivity index (χ3v) is 2.41. The van der Waals surface area contributed by atoms with Crippen molar-refractivity contribution in [3.8, 4) is 0 Å². The van der Waals surface area contributed by atoms with Crippen LogP contribution in [-0.4, -0.2) is 42.9 Å². The van der Waals surface area contributed by atoms with Crippen LogP contribution in [0.4, 0.5) is 0 Å². The van der Waals surface area contributed by atoms with Gasteiger partial charge in [-0.2, -0.15) is 0 Å². The Morgan fingerprint density at radius 2 is 2.33 bits per heavy atom. The molecule has 3 atom stereocenters. The van der Waals surface area contributed by atoms with Crippen molar-refractivity contribution in [1.82, 2.24) is 20.9 Å². The van der Waals surface area contributed by atoms with Crippen LogP contribution in [0.5, 0.6) is 0 Å². The Balaban J connectivity index is 2.14. The lowest BCUT2D eigenvalue weighted by molar-refractivity contribution is -0.126. The lowest BCUT2D eigenvalue weighted by Crippen LogP contribution is -2.65. The molecule has 0 aliphatic carbocycles. The number of carbonyl (C=O) groups is 1. The molecule has 2 fully saturated rings. The van der Waals surface area contributed by atoms with Crippen LogP contribution in [0.25, 0.3) is 0 Å². The predicted molar refractivity (Wildman–Crippen MR) is 44.1 cm³/mol. The van der Waals surface area contributed by atoms with Crippen molar-refractivity contribution in [3.63, 3.8) is 0 Å². The number of hydrogen-bond donors (Lipinski definition) is 3. The van der Waals surface area contributed by atoms with Gasteiger partial charge in [-0.25, -0.2) is 0 Å². The lowest BCUT2D eigenvalue weighted by atomic mass is 10.1. The van der Waals surface area contributed by atoms with Gasteiger partial charge in [0.25, 0.3) is 0 Å². The monoisotopic (exact) mass is 170 g/mol. The first kappa shape index (κ1) is 7.97. The first-order valence-corrected chi connectivity index (χ1v) is 4.18. The molecule has 3 unspecified atom stereocenters. The molecule has 3 N–H and O–H groups in total. The third-order valence-electron chi connectivity index (χ3n) is 2.41. The molecule has 0 aromatic carbocycles. The number of nitrogens with zero attached hydrogens (tertiary/aromatic N) is 1. The van der Waals surface area contributed by atoms with Crippen molar-refractivity contribution < 1.29 is 4.79 Å². The summed E-state index contributed by atoms with van der Waals surface area (Å²) in [4.78, 5) is 13.5. The molecule has 0 spiro atoms. The maximum absolute atomic E-state index is 11.4. The summed E-state index contributed by atoms with van der Waals surface area (Å²) in [7, 11) is 2.00. The lowest BCUT2D eigenvalue weighted by Gasteiger charge is -2.33. The summed E-state index contributed by atoms with van der Waals surface area (Å²) in [5, 5.41) is 9.25. The van der Waals surface area contributed by atoms with Crippen LogP contribution in [0.15, 0.2) is 0 Å². The summed E-state index contributed by atoms with van der Waals surface area (Å²) in [5.74, 6) is 0.0931. The highest BCUT2D eigenvalue weighted by atomic mass is 16.2. The highest BCUT2D eigenvalue weighted by Gasteiger charge is 2.40. The van der Waals surface area contributed by atoms with Crippen LogP contribution in [0.2, 0.25) is 0 Å². The van der Waals surface area contributed by atoms with E-state index >= 15 is 0 Å². The molecule has 1 amide bonds. The van der Waals surface area contributed by atoms with Crippen molar-refractivity contribution in [2.24, 2.45) is 0 Å². The number of amides is 1. The van der Waals surface area contributed by atoms with Crippen LogP contribution in [0, 0.1) is 0 Å². The summed E-state index contributed by atoms with van der Waals surface area (Å²) in [6.45, 7) is 2.71. The van der Waals surface area contributed by atoms with E-state index in [1.165, 1.54) is 0 Å². The van der Waals surface area contributed by atoms with Gasteiger partial charge >= 0.3 is 0 Å². The Bertz CT molecular complexity index is 208. The van der Waals surface area contributed by atoms with E-state index in [9.17, 15) is 4.79 Å². The van der Waals surface area contributed by atoms with Crippen LogP contribution < -0.4 is 16.0 Å². The van der Waals surface area contributed by atoms with Crippen molar-refractivity contribution in [1.29, 1.82) is 0 Å². The Labute approximate surface area is 71.5 Å². The van der Waals surface area contributed by atoms with Gasteiger partial charge in [0.15, 0.2) is 0 Å². The van der Waals surface area contributed by atoms with E-state index in [1.54, 1.807) is 0 Å². The fourth-order valence-corrected chi connectivity index (χ4v) is 1.77. The standard InChI is InChI=1S/C7H14N4O/c1-4-9-6-5(7(12)10-4)8-3-11(6)2/h4-6,8-9H,3H2,1-2H3,(H,10,12). The van der Waals surface area contributed by atoms with Crippen LogP contribution >= 0.6 is 0 Å². The number of rotatable bonds is 0. The average molecular weight is 170 g/mol. The molecule has 5 nitrogen and oxygen atoms in total. The van der Waals surface area contributed by atoms with E-state index in [4.69, 9.17) is 0 Å². The van der Waals surface area contributed by atoms with Gasteiger partial charge in [-0.1, -0.05) is 0 Å². The van der Waals surface area contributed by atoms with Crippen molar-refractivity contribution in [3.05, 3.63) is 0 Å².